The van der Waals surface area contributed by atoms with Crippen LogP contribution in [0.5, 0.6) is 0 Å². The second-order valence-electron chi connectivity index (χ2n) is 5.88. The third-order valence-corrected chi connectivity index (χ3v) is 3.92. The lowest BCUT2D eigenvalue weighted by molar-refractivity contribution is 0.129. The number of hydrogen-bond donors (Lipinski definition) is 1. The highest BCUT2D eigenvalue weighted by atomic mass is 15.1. The average molecular weight is 221 g/mol. The van der Waals surface area contributed by atoms with Crippen LogP contribution in [0.1, 0.15) is 51.8 Å². The van der Waals surface area contributed by atoms with Crippen LogP contribution in [0.15, 0.2) is 12.5 Å². The van der Waals surface area contributed by atoms with E-state index in [1.165, 1.54) is 25.0 Å². The summed E-state index contributed by atoms with van der Waals surface area (Å²) in [5.74, 6) is 0.463. The molecule has 90 valence electrons. The Hall–Kier alpha value is -0.830. The van der Waals surface area contributed by atoms with Gasteiger partial charge < -0.3 is 10.3 Å². The summed E-state index contributed by atoms with van der Waals surface area (Å²) in [5.41, 5.74) is 7.86. The Morgan fingerprint density at radius 3 is 2.69 bits per heavy atom. The molecular weight excluding hydrogens is 198 g/mol. The van der Waals surface area contributed by atoms with Crippen molar-refractivity contribution in [3.63, 3.8) is 0 Å². The number of aromatic nitrogens is 2. The summed E-state index contributed by atoms with van der Waals surface area (Å²) in [6.07, 6.45) is 7.90. The minimum Gasteiger partial charge on any atom is -0.333 e. The first-order chi connectivity index (χ1) is 7.52. The van der Waals surface area contributed by atoms with Gasteiger partial charge in [0.15, 0.2) is 0 Å². The Bertz CT molecular complexity index is 350. The lowest BCUT2D eigenvalue weighted by Crippen LogP contribution is -2.32. The topological polar surface area (TPSA) is 43.8 Å². The van der Waals surface area contributed by atoms with E-state index in [0.29, 0.717) is 11.3 Å². The van der Waals surface area contributed by atoms with Gasteiger partial charge in [-0.1, -0.05) is 27.2 Å². The molecule has 0 bridgehead atoms. The van der Waals surface area contributed by atoms with Gasteiger partial charge in [-0.15, -0.1) is 0 Å². The van der Waals surface area contributed by atoms with E-state index in [9.17, 15) is 0 Å². The lowest BCUT2D eigenvalue weighted by atomic mass is 9.70. The van der Waals surface area contributed by atoms with Gasteiger partial charge in [-0.25, -0.2) is 4.98 Å². The van der Waals surface area contributed by atoms with Gasteiger partial charge >= 0.3 is 0 Å². The Kier molecular flexibility index (Phi) is 3.06. The maximum absolute atomic E-state index is 6.20. The maximum atomic E-state index is 6.20. The standard InChI is InChI=1S/C13H23N3/c1-10(2)12(14)11-7-15-9-16(11)8-13(3)5-4-6-13/h7,9-10,12H,4-6,8,14H2,1-3H3. The zero-order chi connectivity index (χ0) is 11.8. The Morgan fingerprint density at radius 2 is 2.19 bits per heavy atom. The average Bonchev–Trinajstić information content (AvgIpc) is 2.62. The van der Waals surface area contributed by atoms with Crippen molar-refractivity contribution in [2.45, 2.75) is 52.6 Å². The molecule has 1 aliphatic rings. The second kappa shape index (κ2) is 4.21. The smallest absolute Gasteiger partial charge is 0.0948 e. The number of rotatable bonds is 4. The highest BCUT2D eigenvalue weighted by Crippen LogP contribution is 2.42. The Morgan fingerprint density at radius 1 is 1.50 bits per heavy atom. The van der Waals surface area contributed by atoms with E-state index >= 15 is 0 Å². The summed E-state index contributed by atoms with van der Waals surface area (Å²) >= 11 is 0. The number of nitrogens with zero attached hydrogens (tertiary/aromatic N) is 2. The molecule has 1 aromatic heterocycles. The third-order valence-electron chi connectivity index (χ3n) is 3.92. The van der Waals surface area contributed by atoms with Crippen LogP contribution >= 0.6 is 0 Å². The molecule has 3 nitrogen and oxygen atoms in total. The molecule has 2 rings (SSSR count). The van der Waals surface area contributed by atoms with Gasteiger partial charge in [0.25, 0.3) is 0 Å². The fourth-order valence-corrected chi connectivity index (χ4v) is 2.43. The van der Waals surface area contributed by atoms with Crippen LogP contribution < -0.4 is 5.73 Å². The quantitative estimate of drug-likeness (QED) is 0.849. The van der Waals surface area contributed by atoms with Crippen molar-refractivity contribution in [1.29, 1.82) is 0 Å². The molecule has 16 heavy (non-hydrogen) atoms. The molecule has 0 radical (unpaired) electrons. The van der Waals surface area contributed by atoms with E-state index in [2.05, 4.69) is 30.3 Å². The Labute approximate surface area is 98.1 Å². The van der Waals surface area contributed by atoms with E-state index in [-0.39, 0.29) is 6.04 Å². The predicted octanol–water partition coefficient (Wildman–Crippen LogP) is 2.73. The summed E-state index contributed by atoms with van der Waals surface area (Å²) in [7, 11) is 0. The molecule has 2 N–H and O–H groups in total. The number of imidazole rings is 1. The minimum atomic E-state index is 0.103. The molecule has 1 heterocycles. The second-order valence-corrected chi connectivity index (χ2v) is 5.88. The summed E-state index contributed by atoms with van der Waals surface area (Å²) in [4.78, 5) is 4.25. The molecule has 0 spiro atoms. The summed E-state index contributed by atoms with van der Waals surface area (Å²) in [5, 5.41) is 0. The zero-order valence-electron chi connectivity index (χ0n) is 10.6. The molecule has 1 aliphatic carbocycles. The molecule has 0 aromatic carbocycles. The molecule has 1 aromatic rings. The van der Waals surface area contributed by atoms with Crippen LogP contribution in [0.3, 0.4) is 0 Å². The zero-order valence-corrected chi connectivity index (χ0v) is 10.6. The van der Waals surface area contributed by atoms with Crippen LogP contribution in [0.4, 0.5) is 0 Å². The van der Waals surface area contributed by atoms with Crippen LogP contribution in [-0.2, 0) is 6.54 Å². The molecule has 1 unspecified atom stereocenters. The van der Waals surface area contributed by atoms with E-state index in [0.717, 1.165) is 6.54 Å². The molecule has 0 aliphatic heterocycles. The largest absolute Gasteiger partial charge is 0.333 e. The number of hydrogen-bond acceptors (Lipinski definition) is 2. The van der Waals surface area contributed by atoms with Crippen molar-refractivity contribution < 1.29 is 0 Å². The van der Waals surface area contributed by atoms with E-state index in [4.69, 9.17) is 5.73 Å². The minimum absolute atomic E-state index is 0.103. The fourth-order valence-electron chi connectivity index (χ4n) is 2.43. The van der Waals surface area contributed by atoms with Crippen molar-refractivity contribution in [2.24, 2.45) is 17.1 Å². The van der Waals surface area contributed by atoms with Crippen LogP contribution in [0.2, 0.25) is 0 Å². The lowest BCUT2D eigenvalue weighted by Gasteiger charge is -2.39. The van der Waals surface area contributed by atoms with E-state index < -0.39 is 0 Å². The molecule has 1 atom stereocenters. The first kappa shape index (κ1) is 11.6. The van der Waals surface area contributed by atoms with Crippen molar-refractivity contribution in [3.05, 3.63) is 18.2 Å². The summed E-state index contributed by atoms with van der Waals surface area (Å²) in [6.45, 7) is 7.75. The predicted molar refractivity (Wildman–Crippen MR) is 66.0 cm³/mol. The SMILES string of the molecule is CC(C)C(N)c1cncn1CC1(C)CCC1. The summed E-state index contributed by atoms with van der Waals surface area (Å²) in [6, 6.07) is 0.103. The van der Waals surface area contributed by atoms with E-state index in [1.807, 2.05) is 12.5 Å². The van der Waals surface area contributed by atoms with Gasteiger partial charge in [0.2, 0.25) is 0 Å². The first-order valence-corrected chi connectivity index (χ1v) is 6.27. The Balaban J connectivity index is 2.12. The molecule has 1 fully saturated rings. The fraction of sp³-hybridized carbons (Fsp3) is 0.769. The van der Waals surface area contributed by atoms with Gasteiger partial charge in [-0.3, -0.25) is 0 Å². The van der Waals surface area contributed by atoms with Gasteiger partial charge in [-0.2, -0.15) is 0 Å². The monoisotopic (exact) mass is 221 g/mol. The van der Waals surface area contributed by atoms with Crippen LogP contribution in [-0.4, -0.2) is 9.55 Å². The highest BCUT2D eigenvalue weighted by molar-refractivity contribution is 5.06. The summed E-state index contributed by atoms with van der Waals surface area (Å²) < 4.78 is 2.25. The van der Waals surface area contributed by atoms with E-state index in [1.54, 1.807) is 0 Å². The molecule has 0 saturated heterocycles. The van der Waals surface area contributed by atoms with Gasteiger partial charge in [0.05, 0.1) is 12.0 Å². The third kappa shape index (κ3) is 2.14. The normalized spacial score (nSPS) is 20.8. The first-order valence-electron chi connectivity index (χ1n) is 6.27. The molecule has 3 heteroatoms. The van der Waals surface area contributed by atoms with Crippen molar-refractivity contribution >= 4 is 0 Å². The maximum Gasteiger partial charge on any atom is 0.0948 e. The highest BCUT2D eigenvalue weighted by Gasteiger charge is 2.32. The van der Waals surface area contributed by atoms with Crippen molar-refractivity contribution in [1.82, 2.24) is 9.55 Å². The number of nitrogens with two attached hydrogens (primary N) is 1. The molecule has 0 amide bonds. The van der Waals surface area contributed by atoms with Gasteiger partial charge in [0.1, 0.15) is 0 Å². The van der Waals surface area contributed by atoms with Gasteiger partial charge in [0, 0.05) is 18.8 Å². The van der Waals surface area contributed by atoms with Gasteiger partial charge in [-0.05, 0) is 24.2 Å². The van der Waals surface area contributed by atoms with Crippen LogP contribution in [0, 0.1) is 11.3 Å². The molecular formula is C13H23N3. The van der Waals surface area contributed by atoms with Crippen molar-refractivity contribution in [3.8, 4) is 0 Å². The van der Waals surface area contributed by atoms with Crippen LogP contribution in [0.25, 0.3) is 0 Å². The van der Waals surface area contributed by atoms with Crippen molar-refractivity contribution in [2.75, 3.05) is 0 Å². The molecule has 1 saturated carbocycles.